The molecule has 1 N–H and O–H groups in total. The molecular weight excluding hydrogens is 420 g/mol. The molecule has 0 unspecified atom stereocenters. The van der Waals surface area contributed by atoms with Crippen molar-refractivity contribution in [2.24, 2.45) is 0 Å². The van der Waals surface area contributed by atoms with Gasteiger partial charge in [0.15, 0.2) is 5.60 Å². The largest absolute Gasteiger partial charge is 0.494 e. The van der Waals surface area contributed by atoms with Crippen molar-refractivity contribution in [2.45, 2.75) is 58.7 Å². The normalized spacial score (nSPS) is 16.2. The number of rotatable bonds is 11. The maximum absolute atomic E-state index is 13.0. The third kappa shape index (κ3) is 6.40. The molecule has 0 aromatic heterocycles. The zero-order valence-electron chi connectivity index (χ0n) is 19.9. The van der Waals surface area contributed by atoms with Crippen LogP contribution in [-0.4, -0.2) is 58.2 Å². The van der Waals surface area contributed by atoms with Crippen LogP contribution in [0.3, 0.4) is 0 Å². The lowest BCUT2D eigenvalue weighted by Crippen LogP contribution is -2.37. The fourth-order valence-electron chi connectivity index (χ4n) is 3.84. The van der Waals surface area contributed by atoms with Crippen LogP contribution in [0.5, 0.6) is 11.5 Å². The van der Waals surface area contributed by atoms with Gasteiger partial charge in [0.2, 0.25) is 0 Å². The Morgan fingerprint density at radius 2 is 1.73 bits per heavy atom. The first kappa shape index (κ1) is 24.4. The molecule has 0 spiro atoms. The summed E-state index contributed by atoms with van der Waals surface area (Å²) in [6.45, 7) is 9.67. The monoisotopic (exact) mass is 454 g/mol. The number of urea groups is 1. The van der Waals surface area contributed by atoms with Crippen molar-refractivity contribution in [1.82, 2.24) is 9.80 Å². The second-order valence-electron chi connectivity index (χ2n) is 9.02. The average Bonchev–Trinajstić information content (AvgIpc) is 3.05. The van der Waals surface area contributed by atoms with Crippen molar-refractivity contribution in [3.05, 3.63) is 59.7 Å². The molecule has 3 rings (SSSR count). The Labute approximate surface area is 195 Å². The van der Waals surface area contributed by atoms with E-state index in [1.165, 1.54) is 19.4 Å². The molecule has 7 heteroatoms. The molecule has 1 saturated heterocycles. The summed E-state index contributed by atoms with van der Waals surface area (Å²) < 4.78 is 11.4. The lowest BCUT2D eigenvalue weighted by Gasteiger charge is -2.23. The number of hydrogen-bond donors (Lipinski definition) is 1. The van der Waals surface area contributed by atoms with Crippen LogP contribution < -0.4 is 9.47 Å². The van der Waals surface area contributed by atoms with E-state index in [4.69, 9.17) is 9.47 Å². The van der Waals surface area contributed by atoms with E-state index in [-0.39, 0.29) is 12.1 Å². The van der Waals surface area contributed by atoms with Crippen molar-refractivity contribution in [3.8, 4) is 11.5 Å². The summed E-state index contributed by atoms with van der Waals surface area (Å²) in [6, 6.07) is 15.4. The highest BCUT2D eigenvalue weighted by Crippen LogP contribution is 2.24. The van der Waals surface area contributed by atoms with Crippen molar-refractivity contribution in [2.75, 3.05) is 19.7 Å². The van der Waals surface area contributed by atoms with E-state index in [2.05, 4.69) is 38.1 Å². The first-order chi connectivity index (χ1) is 15.7. The maximum Gasteiger partial charge on any atom is 0.347 e. The number of aliphatic carboxylic acids is 1. The van der Waals surface area contributed by atoms with E-state index in [1.807, 2.05) is 9.80 Å². The molecule has 0 radical (unpaired) electrons. The molecule has 1 fully saturated rings. The minimum Gasteiger partial charge on any atom is -0.494 e. The molecule has 178 valence electrons. The summed E-state index contributed by atoms with van der Waals surface area (Å²) in [4.78, 5) is 28.1. The number of nitrogens with zero attached hydrogens (tertiary/aromatic N) is 2. The number of aryl methyl sites for hydroxylation is 1. The van der Waals surface area contributed by atoms with Crippen molar-refractivity contribution in [3.63, 3.8) is 0 Å². The van der Waals surface area contributed by atoms with Gasteiger partial charge in [-0.3, -0.25) is 0 Å². The van der Waals surface area contributed by atoms with Gasteiger partial charge in [-0.1, -0.05) is 36.8 Å². The zero-order valence-corrected chi connectivity index (χ0v) is 19.9. The van der Waals surface area contributed by atoms with Gasteiger partial charge in [-0.15, -0.1) is 0 Å². The Morgan fingerprint density at radius 1 is 1.09 bits per heavy atom. The van der Waals surface area contributed by atoms with Crippen molar-refractivity contribution >= 4 is 12.0 Å². The predicted octanol–water partition coefficient (Wildman–Crippen LogP) is 4.72. The average molecular weight is 455 g/mol. The Hall–Kier alpha value is -3.22. The molecule has 0 aliphatic carbocycles. The number of carboxylic acid groups (broad SMARTS) is 1. The van der Waals surface area contributed by atoms with Gasteiger partial charge < -0.3 is 24.4 Å². The summed E-state index contributed by atoms with van der Waals surface area (Å²) >= 11 is 0. The first-order valence-corrected chi connectivity index (χ1v) is 11.5. The summed E-state index contributed by atoms with van der Waals surface area (Å²) in [7, 11) is 0. The minimum atomic E-state index is -1.30. The van der Waals surface area contributed by atoms with Crippen LogP contribution in [-0.2, 0) is 11.3 Å². The SMILES string of the molecule is CCCN1C(=O)N(Cc2ccc(C)cc2)C[C@H]1CCOc1ccc(OC(C)(C)C(=O)O)cc1. The number of hydrogen-bond acceptors (Lipinski definition) is 4. The fourth-order valence-corrected chi connectivity index (χ4v) is 3.84. The topological polar surface area (TPSA) is 79.3 Å². The van der Waals surface area contributed by atoms with E-state index in [1.54, 1.807) is 24.3 Å². The van der Waals surface area contributed by atoms with Gasteiger partial charge in [-0.05, 0) is 57.0 Å². The van der Waals surface area contributed by atoms with Gasteiger partial charge in [0.05, 0.1) is 12.6 Å². The molecule has 2 amide bonds. The lowest BCUT2D eigenvalue weighted by atomic mass is 10.1. The van der Waals surface area contributed by atoms with Gasteiger partial charge >= 0.3 is 12.0 Å². The van der Waals surface area contributed by atoms with Gasteiger partial charge in [-0.25, -0.2) is 9.59 Å². The van der Waals surface area contributed by atoms with Gasteiger partial charge in [0.1, 0.15) is 11.5 Å². The van der Waals surface area contributed by atoms with Gasteiger partial charge in [-0.2, -0.15) is 0 Å². The van der Waals surface area contributed by atoms with E-state index in [9.17, 15) is 14.7 Å². The Bertz CT molecular complexity index is 940. The van der Waals surface area contributed by atoms with Gasteiger partial charge in [0.25, 0.3) is 0 Å². The molecule has 2 aromatic rings. The van der Waals surface area contributed by atoms with Crippen molar-refractivity contribution in [1.29, 1.82) is 0 Å². The minimum absolute atomic E-state index is 0.0879. The molecule has 33 heavy (non-hydrogen) atoms. The van der Waals surface area contributed by atoms with Crippen molar-refractivity contribution < 1.29 is 24.2 Å². The first-order valence-electron chi connectivity index (χ1n) is 11.5. The fraction of sp³-hybridized carbons (Fsp3) is 0.462. The predicted molar refractivity (Wildman–Crippen MR) is 127 cm³/mol. The number of carbonyl (C=O) groups excluding carboxylic acids is 1. The molecule has 1 heterocycles. The summed E-state index contributed by atoms with van der Waals surface area (Å²) in [5.74, 6) is 0.123. The Kier molecular flexibility index (Phi) is 7.84. The Morgan fingerprint density at radius 3 is 2.33 bits per heavy atom. The van der Waals surface area contributed by atoms with Crippen LogP contribution in [0.2, 0.25) is 0 Å². The lowest BCUT2D eigenvalue weighted by molar-refractivity contribution is -0.152. The van der Waals surface area contributed by atoms with E-state index < -0.39 is 11.6 Å². The van der Waals surface area contributed by atoms with Crippen LogP contribution in [0.1, 0.15) is 44.7 Å². The number of carboxylic acids is 1. The highest BCUT2D eigenvalue weighted by molar-refractivity contribution is 5.77. The molecule has 0 saturated carbocycles. The molecule has 0 bridgehead atoms. The number of ether oxygens (including phenoxy) is 2. The molecule has 1 atom stereocenters. The highest BCUT2D eigenvalue weighted by atomic mass is 16.5. The third-order valence-corrected chi connectivity index (χ3v) is 5.78. The zero-order chi connectivity index (χ0) is 24.0. The summed E-state index contributed by atoms with van der Waals surface area (Å²) in [6.07, 6.45) is 1.65. The molecule has 1 aliphatic heterocycles. The molecule has 7 nitrogen and oxygen atoms in total. The number of amides is 2. The van der Waals surface area contributed by atoms with Crippen LogP contribution in [0.25, 0.3) is 0 Å². The molecule has 2 aromatic carbocycles. The third-order valence-electron chi connectivity index (χ3n) is 5.78. The Balaban J connectivity index is 1.54. The van der Waals surface area contributed by atoms with E-state index in [0.717, 1.165) is 24.9 Å². The second kappa shape index (κ2) is 10.6. The quantitative estimate of drug-likeness (QED) is 0.531. The van der Waals surface area contributed by atoms with Crippen LogP contribution in [0.4, 0.5) is 4.79 Å². The summed E-state index contributed by atoms with van der Waals surface area (Å²) in [5, 5.41) is 9.19. The van der Waals surface area contributed by atoms with Crippen LogP contribution >= 0.6 is 0 Å². The smallest absolute Gasteiger partial charge is 0.347 e. The van der Waals surface area contributed by atoms with E-state index in [0.29, 0.717) is 31.2 Å². The highest BCUT2D eigenvalue weighted by Gasteiger charge is 2.36. The molecule has 1 aliphatic rings. The van der Waals surface area contributed by atoms with Crippen LogP contribution in [0, 0.1) is 6.92 Å². The van der Waals surface area contributed by atoms with E-state index >= 15 is 0 Å². The maximum atomic E-state index is 13.0. The standard InChI is InChI=1S/C26H34N2O5/c1-5-15-28-21(18-27(25(28)31)17-20-8-6-19(2)7-9-20)14-16-32-22-10-12-23(13-11-22)33-26(3,4)24(29)30/h6-13,21H,5,14-18H2,1-4H3,(H,29,30)/t21-/m1/s1. The van der Waals surface area contributed by atoms with Crippen LogP contribution in [0.15, 0.2) is 48.5 Å². The number of benzene rings is 2. The second-order valence-corrected chi connectivity index (χ2v) is 9.02. The molecular formula is C26H34N2O5. The number of carbonyl (C=O) groups is 2. The summed E-state index contributed by atoms with van der Waals surface area (Å²) in [5.41, 5.74) is 1.04. The van der Waals surface area contributed by atoms with Gasteiger partial charge in [0, 0.05) is 26.1 Å².